The molecule has 16 heavy (non-hydrogen) atoms. The Bertz CT molecular complexity index is 524. The average Bonchev–Trinajstić information content (AvgIpc) is 2.64. The monoisotopic (exact) mass is 221 g/mol. The van der Waals surface area contributed by atoms with Crippen LogP contribution in [0.25, 0.3) is 0 Å². The molecule has 0 bridgehead atoms. The Balaban J connectivity index is 2.18. The largest absolute Gasteiger partial charge is 0.291 e. The number of nitrogens with zero attached hydrogens (tertiary/aromatic N) is 4. The summed E-state index contributed by atoms with van der Waals surface area (Å²) in [6, 6.07) is 2.46. The molecule has 0 aliphatic carbocycles. The maximum Gasteiger partial charge on any atom is 0.258 e. The summed E-state index contributed by atoms with van der Waals surface area (Å²) in [5, 5.41) is 6.27. The van der Waals surface area contributed by atoms with Gasteiger partial charge in [0.2, 0.25) is 11.9 Å². The molecular weight excluding hydrogens is 213 g/mol. The minimum absolute atomic E-state index is 0.176. The quantitative estimate of drug-likeness (QED) is 0.754. The molecule has 1 amide bonds. The van der Waals surface area contributed by atoms with Gasteiger partial charge in [0.25, 0.3) is 5.91 Å². The highest BCUT2D eigenvalue weighted by molar-refractivity contribution is 6.03. The van der Waals surface area contributed by atoms with Gasteiger partial charge in [-0.15, -0.1) is 0 Å². The number of amides is 1. The van der Waals surface area contributed by atoms with Crippen molar-refractivity contribution in [2.24, 2.45) is 7.05 Å². The van der Waals surface area contributed by atoms with Crippen LogP contribution in [0.3, 0.4) is 0 Å². The van der Waals surface area contributed by atoms with Crippen LogP contribution in [-0.4, -0.2) is 25.7 Å². The SMILES string of the molecule is Cn1ncnc1NC(=O)c1ccnc(F)c1. The average molecular weight is 221 g/mol. The van der Waals surface area contributed by atoms with E-state index in [0.717, 1.165) is 6.07 Å². The molecule has 7 heteroatoms. The third-order valence-corrected chi connectivity index (χ3v) is 1.93. The number of halogens is 1. The molecule has 82 valence electrons. The zero-order valence-corrected chi connectivity index (χ0v) is 8.38. The molecule has 0 aliphatic rings. The molecule has 2 aromatic heterocycles. The highest BCUT2D eigenvalue weighted by Gasteiger charge is 2.09. The summed E-state index contributed by atoms with van der Waals surface area (Å²) in [7, 11) is 1.63. The molecule has 0 spiro atoms. The molecule has 0 saturated carbocycles. The van der Waals surface area contributed by atoms with E-state index in [1.807, 2.05) is 0 Å². The van der Waals surface area contributed by atoms with E-state index in [0.29, 0.717) is 5.95 Å². The lowest BCUT2D eigenvalue weighted by Crippen LogP contribution is -2.15. The summed E-state index contributed by atoms with van der Waals surface area (Å²) >= 11 is 0. The lowest BCUT2D eigenvalue weighted by Gasteiger charge is -2.03. The van der Waals surface area contributed by atoms with Crippen molar-refractivity contribution >= 4 is 11.9 Å². The Kier molecular flexibility index (Phi) is 2.59. The van der Waals surface area contributed by atoms with Crippen LogP contribution in [0.2, 0.25) is 0 Å². The minimum atomic E-state index is -0.703. The fourth-order valence-corrected chi connectivity index (χ4v) is 1.13. The summed E-state index contributed by atoms with van der Waals surface area (Å²) < 4.78 is 14.2. The van der Waals surface area contributed by atoms with Crippen molar-refractivity contribution in [1.82, 2.24) is 19.7 Å². The number of carbonyl (C=O) groups excluding carboxylic acids is 1. The van der Waals surface area contributed by atoms with Crippen LogP contribution in [0.4, 0.5) is 10.3 Å². The van der Waals surface area contributed by atoms with Gasteiger partial charge in [-0.25, -0.2) is 9.67 Å². The van der Waals surface area contributed by atoms with Crippen LogP contribution in [0, 0.1) is 5.95 Å². The van der Waals surface area contributed by atoms with Gasteiger partial charge in [-0.1, -0.05) is 0 Å². The van der Waals surface area contributed by atoms with Crippen LogP contribution in [0.5, 0.6) is 0 Å². The van der Waals surface area contributed by atoms with Gasteiger partial charge < -0.3 is 0 Å². The third kappa shape index (κ3) is 2.02. The number of pyridine rings is 1. The second kappa shape index (κ2) is 4.05. The number of anilines is 1. The van der Waals surface area contributed by atoms with Crippen molar-refractivity contribution in [3.63, 3.8) is 0 Å². The molecule has 0 radical (unpaired) electrons. The van der Waals surface area contributed by atoms with E-state index in [9.17, 15) is 9.18 Å². The zero-order chi connectivity index (χ0) is 11.5. The standard InChI is InChI=1S/C9H8FN5O/c1-15-9(12-5-13-15)14-8(16)6-2-3-11-7(10)4-6/h2-5H,1H3,(H,12,13,14,16). The van der Waals surface area contributed by atoms with E-state index in [1.54, 1.807) is 7.05 Å². The molecule has 0 atom stereocenters. The molecule has 1 N–H and O–H groups in total. The van der Waals surface area contributed by atoms with Crippen molar-refractivity contribution in [3.05, 3.63) is 36.2 Å². The maximum absolute atomic E-state index is 12.8. The Labute approximate surface area is 90.1 Å². The maximum atomic E-state index is 12.8. The van der Waals surface area contributed by atoms with Gasteiger partial charge in [0.15, 0.2) is 0 Å². The first kappa shape index (κ1) is 10.2. The number of hydrogen-bond acceptors (Lipinski definition) is 4. The molecular formula is C9H8FN5O. The second-order valence-electron chi connectivity index (χ2n) is 3.03. The molecule has 0 unspecified atom stereocenters. The summed E-state index contributed by atoms with van der Waals surface area (Å²) in [6.07, 6.45) is 2.53. The van der Waals surface area contributed by atoms with E-state index in [2.05, 4.69) is 20.4 Å². The lowest BCUT2D eigenvalue weighted by atomic mass is 10.2. The van der Waals surface area contributed by atoms with Crippen molar-refractivity contribution in [3.8, 4) is 0 Å². The molecule has 2 aromatic rings. The van der Waals surface area contributed by atoms with Gasteiger partial charge in [-0.2, -0.15) is 14.5 Å². The molecule has 0 aliphatic heterocycles. The first-order valence-electron chi connectivity index (χ1n) is 4.44. The second-order valence-corrected chi connectivity index (χ2v) is 3.03. The number of nitrogens with one attached hydrogen (secondary N) is 1. The molecule has 2 rings (SSSR count). The molecule has 0 fully saturated rings. The van der Waals surface area contributed by atoms with Crippen LogP contribution < -0.4 is 5.32 Å². The van der Waals surface area contributed by atoms with Crippen molar-refractivity contribution in [2.45, 2.75) is 0 Å². The predicted molar refractivity (Wildman–Crippen MR) is 53.2 cm³/mol. The normalized spacial score (nSPS) is 10.1. The van der Waals surface area contributed by atoms with E-state index in [4.69, 9.17) is 0 Å². The molecule has 0 aromatic carbocycles. The lowest BCUT2D eigenvalue weighted by molar-refractivity contribution is 0.102. The van der Waals surface area contributed by atoms with E-state index in [-0.39, 0.29) is 5.56 Å². The van der Waals surface area contributed by atoms with Gasteiger partial charge in [0.05, 0.1) is 0 Å². The first-order chi connectivity index (χ1) is 7.66. The van der Waals surface area contributed by atoms with E-state index < -0.39 is 11.9 Å². The Morgan fingerprint density at radius 3 is 2.94 bits per heavy atom. The Morgan fingerprint density at radius 2 is 2.31 bits per heavy atom. The minimum Gasteiger partial charge on any atom is -0.291 e. The topological polar surface area (TPSA) is 72.7 Å². The number of aromatic nitrogens is 4. The summed E-state index contributed by atoms with van der Waals surface area (Å²) in [5.41, 5.74) is 0.176. The van der Waals surface area contributed by atoms with Gasteiger partial charge >= 0.3 is 0 Å². The van der Waals surface area contributed by atoms with Gasteiger partial charge in [0, 0.05) is 24.9 Å². The number of hydrogen-bond donors (Lipinski definition) is 1. The third-order valence-electron chi connectivity index (χ3n) is 1.93. The summed E-state index contributed by atoms with van der Waals surface area (Å²) in [4.78, 5) is 18.8. The Hall–Kier alpha value is -2.31. The van der Waals surface area contributed by atoms with Crippen LogP contribution in [-0.2, 0) is 7.05 Å². The molecule has 0 saturated heterocycles. The Morgan fingerprint density at radius 1 is 1.50 bits per heavy atom. The predicted octanol–water partition coefficient (Wildman–Crippen LogP) is 0.602. The zero-order valence-electron chi connectivity index (χ0n) is 8.38. The van der Waals surface area contributed by atoms with Crippen LogP contribution in [0.1, 0.15) is 10.4 Å². The summed E-state index contributed by atoms with van der Waals surface area (Å²) in [6.45, 7) is 0. The van der Waals surface area contributed by atoms with Crippen molar-refractivity contribution < 1.29 is 9.18 Å². The van der Waals surface area contributed by atoms with Gasteiger partial charge in [-0.3, -0.25) is 10.1 Å². The highest BCUT2D eigenvalue weighted by Crippen LogP contribution is 2.05. The van der Waals surface area contributed by atoms with Crippen molar-refractivity contribution in [2.75, 3.05) is 5.32 Å². The number of aryl methyl sites for hydroxylation is 1. The number of carbonyl (C=O) groups is 1. The molecule has 2 heterocycles. The van der Waals surface area contributed by atoms with Gasteiger partial charge in [-0.05, 0) is 6.07 Å². The van der Waals surface area contributed by atoms with E-state index in [1.165, 1.54) is 23.3 Å². The fraction of sp³-hybridized carbons (Fsp3) is 0.111. The highest BCUT2D eigenvalue weighted by atomic mass is 19.1. The van der Waals surface area contributed by atoms with Crippen LogP contribution >= 0.6 is 0 Å². The first-order valence-corrected chi connectivity index (χ1v) is 4.44. The van der Waals surface area contributed by atoms with E-state index >= 15 is 0 Å². The molecule has 6 nitrogen and oxygen atoms in total. The summed E-state index contributed by atoms with van der Waals surface area (Å²) in [5.74, 6) is -0.870. The van der Waals surface area contributed by atoms with Gasteiger partial charge in [0.1, 0.15) is 6.33 Å². The fourth-order valence-electron chi connectivity index (χ4n) is 1.13. The smallest absolute Gasteiger partial charge is 0.258 e. The van der Waals surface area contributed by atoms with Crippen molar-refractivity contribution in [1.29, 1.82) is 0 Å². The van der Waals surface area contributed by atoms with Crippen LogP contribution in [0.15, 0.2) is 24.7 Å². The number of rotatable bonds is 2.